The predicted octanol–water partition coefficient (Wildman–Crippen LogP) is 2.24. The number of fused-ring (bicyclic) bond motifs is 3. The highest BCUT2D eigenvalue weighted by Crippen LogP contribution is 2.46. The number of nitrogens with two attached hydrogens (primary N) is 1. The maximum absolute atomic E-state index is 14.5. The largest absolute Gasteiger partial charge is 0.486 e. The topological polar surface area (TPSA) is 94.8 Å². The normalized spacial score (nSPS) is 14.8. The van der Waals surface area contributed by atoms with Crippen molar-refractivity contribution in [3.05, 3.63) is 33.6 Å². The highest BCUT2D eigenvalue weighted by molar-refractivity contribution is 7.14. The summed E-state index contributed by atoms with van der Waals surface area (Å²) in [5.74, 6) is 1.25. The molecule has 10 heteroatoms. The predicted molar refractivity (Wildman–Crippen MR) is 106 cm³/mol. The van der Waals surface area contributed by atoms with Gasteiger partial charge in [0.15, 0.2) is 17.7 Å². The highest BCUT2D eigenvalue weighted by atomic mass is 32.1. The van der Waals surface area contributed by atoms with Crippen LogP contribution in [0.25, 0.3) is 11.3 Å². The Morgan fingerprint density at radius 1 is 1.47 bits per heavy atom. The van der Waals surface area contributed by atoms with Gasteiger partial charge in [-0.1, -0.05) is 11.8 Å². The van der Waals surface area contributed by atoms with Crippen LogP contribution in [0.2, 0.25) is 0 Å². The number of primary amides is 1. The van der Waals surface area contributed by atoms with Crippen LogP contribution in [0.1, 0.15) is 27.2 Å². The number of halogens is 2. The van der Waals surface area contributed by atoms with E-state index in [1.54, 1.807) is 13.1 Å². The van der Waals surface area contributed by atoms with E-state index in [0.717, 1.165) is 0 Å². The number of carbonyl (C=O) groups is 2. The molecule has 1 aromatic heterocycles. The lowest BCUT2D eigenvalue weighted by atomic mass is 10.1. The number of ether oxygens (including phenoxy) is 2. The summed E-state index contributed by atoms with van der Waals surface area (Å²) in [6, 6.07) is 4.60. The Balaban J connectivity index is 2.04. The minimum atomic E-state index is -3.33. The number of alkyl halides is 2. The Labute approximate surface area is 175 Å². The number of rotatable bonds is 4. The number of hydrogen-bond acceptors (Lipinski definition) is 6. The fraction of sp³-hybridized carbons (Fsp3) is 0.350. The van der Waals surface area contributed by atoms with E-state index in [1.807, 2.05) is 6.92 Å². The van der Waals surface area contributed by atoms with Crippen molar-refractivity contribution in [2.45, 2.75) is 19.0 Å². The average molecular weight is 435 g/mol. The van der Waals surface area contributed by atoms with Crippen LogP contribution in [0.3, 0.4) is 0 Å². The van der Waals surface area contributed by atoms with Crippen molar-refractivity contribution in [2.24, 2.45) is 5.73 Å². The zero-order chi connectivity index (χ0) is 22.1. The van der Waals surface area contributed by atoms with Gasteiger partial charge >= 0.3 is 5.92 Å². The van der Waals surface area contributed by atoms with Gasteiger partial charge in [-0.3, -0.25) is 9.59 Å². The molecular weight excluding hydrogens is 416 g/mol. The molecule has 2 amide bonds. The summed E-state index contributed by atoms with van der Waals surface area (Å²) < 4.78 is 39.4. The van der Waals surface area contributed by atoms with Crippen molar-refractivity contribution < 1.29 is 27.8 Å². The minimum absolute atomic E-state index is 0.0694. The molecule has 0 aliphatic carbocycles. The quantitative estimate of drug-likeness (QED) is 0.744. The number of hydrogen-bond donors (Lipinski definition) is 1. The summed E-state index contributed by atoms with van der Waals surface area (Å²) in [7, 11) is 3.01. The molecule has 7 nitrogen and oxygen atoms in total. The first-order valence-electron chi connectivity index (χ1n) is 8.93. The van der Waals surface area contributed by atoms with Crippen molar-refractivity contribution in [3.8, 4) is 28.8 Å². The van der Waals surface area contributed by atoms with Gasteiger partial charge in [0.05, 0.1) is 5.69 Å². The molecule has 30 heavy (non-hydrogen) atoms. The van der Waals surface area contributed by atoms with E-state index in [-0.39, 0.29) is 27.9 Å². The first kappa shape index (κ1) is 21.7. The number of benzene rings is 1. The minimum Gasteiger partial charge on any atom is -0.486 e. The second-order valence-corrected chi connectivity index (χ2v) is 7.50. The first-order chi connectivity index (χ1) is 14.2. The van der Waals surface area contributed by atoms with Crippen molar-refractivity contribution in [3.63, 3.8) is 0 Å². The SMILES string of the molecule is CCN(C)C(=O)C(C#Cc1ccc2c(c1)-c1nc(C(N)=O)sc1C(F)(F)CO2)OC. The van der Waals surface area contributed by atoms with E-state index in [9.17, 15) is 18.4 Å². The lowest BCUT2D eigenvalue weighted by Crippen LogP contribution is -2.36. The monoisotopic (exact) mass is 435 g/mol. The van der Waals surface area contributed by atoms with Crippen LogP contribution in [-0.4, -0.2) is 55.1 Å². The number of carbonyl (C=O) groups excluding carboxylic acids is 2. The van der Waals surface area contributed by atoms with Gasteiger partial charge in [0.1, 0.15) is 10.6 Å². The van der Waals surface area contributed by atoms with Gasteiger partial charge in [-0.25, -0.2) is 4.98 Å². The van der Waals surface area contributed by atoms with Crippen molar-refractivity contribution in [1.29, 1.82) is 0 Å². The van der Waals surface area contributed by atoms with Gasteiger partial charge in [-0.2, -0.15) is 8.78 Å². The molecule has 1 unspecified atom stereocenters. The van der Waals surface area contributed by atoms with Crippen LogP contribution < -0.4 is 10.5 Å². The standard InChI is InChI=1S/C20H19F2N3O4S/c1-4-25(2)19(27)14(28-3)8-6-11-5-7-13-12(9-11)15-16(20(21,22)10-29-13)30-18(24-15)17(23)26/h5,7,9,14H,4,10H2,1-3H3,(H2,23,26). The molecule has 0 bridgehead atoms. The first-order valence-corrected chi connectivity index (χ1v) is 9.75. The van der Waals surface area contributed by atoms with Gasteiger partial charge < -0.3 is 20.1 Å². The molecule has 1 aliphatic heterocycles. The number of methoxy groups -OCH3 is 1. The van der Waals surface area contributed by atoms with Gasteiger partial charge in [-0.15, -0.1) is 11.3 Å². The third kappa shape index (κ3) is 4.13. The van der Waals surface area contributed by atoms with Crippen LogP contribution >= 0.6 is 11.3 Å². The molecule has 0 spiro atoms. The van der Waals surface area contributed by atoms with E-state index in [0.29, 0.717) is 23.4 Å². The molecule has 0 radical (unpaired) electrons. The fourth-order valence-corrected chi connectivity index (χ4v) is 3.63. The number of likely N-dealkylation sites (N-methyl/N-ethyl adjacent to an activating group) is 1. The second kappa shape index (κ2) is 8.38. The van der Waals surface area contributed by atoms with Gasteiger partial charge in [0.25, 0.3) is 11.8 Å². The van der Waals surface area contributed by atoms with E-state index in [2.05, 4.69) is 16.8 Å². The highest BCUT2D eigenvalue weighted by Gasteiger charge is 2.42. The van der Waals surface area contributed by atoms with E-state index in [1.165, 1.54) is 24.1 Å². The molecule has 0 fully saturated rings. The zero-order valence-corrected chi connectivity index (χ0v) is 17.3. The summed E-state index contributed by atoms with van der Waals surface area (Å²) in [4.78, 5) is 28.8. The van der Waals surface area contributed by atoms with E-state index in [4.69, 9.17) is 15.2 Å². The molecule has 0 saturated heterocycles. The van der Waals surface area contributed by atoms with Crippen LogP contribution in [0, 0.1) is 11.8 Å². The third-order valence-electron chi connectivity index (χ3n) is 4.47. The van der Waals surface area contributed by atoms with Crippen molar-refractivity contribution in [2.75, 3.05) is 27.3 Å². The molecule has 2 heterocycles. The summed E-state index contributed by atoms with van der Waals surface area (Å²) in [5.41, 5.74) is 5.86. The van der Waals surface area contributed by atoms with Gasteiger partial charge in [0, 0.05) is 31.8 Å². The van der Waals surface area contributed by atoms with Gasteiger partial charge in [0.2, 0.25) is 0 Å². The van der Waals surface area contributed by atoms with E-state index < -0.39 is 29.4 Å². The molecule has 2 N–H and O–H groups in total. The number of thiazole rings is 1. The summed E-state index contributed by atoms with van der Waals surface area (Å²) in [6.07, 6.45) is -0.967. The molecule has 1 atom stereocenters. The number of amides is 2. The molecule has 3 rings (SSSR count). The molecule has 2 aromatic rings. The van der Waals surface area contributed by atoms with E-state index >= 15 is 0 Å². The van der Waals surface area contributed by atoms with Crippen LogP contribution in [0.5, 0.6) is 5.75 Å². The lowest BCUT2D eigenvalue weighted by molar-refractivity contribution is -0.137. The molecular formula is C20H19F2N3O4S. The zero-order valence-electron chi connectivity index (χ0n) is 16.5. The Morgan fingerprint density at radius 2 is 2.20 bits per heavy atom. The van der Waals surface area contributed by atoms with Crippen LogP contribution in [0.4, 0.5) is 8.78 Å². The molecule has 1 aliphatic rings. The molecule has 158 valence electrons. The molecule has 1 aromatic carbocycles. The summed E-state index contributed by atoms with van der Waals surface area (Å²) >= 11 is 0.543. The maximum Gasteiger partial charge on any atom is 0.317 e. The average Bonchev–Trinajstić information content (AvgIpc) is 3.15. The second-order valence-electron chi connectivity index (χ2n) is 6.50. The van der Waals surface area contributed by atoms with Crippen LogP contribution in [-0.2, 0) is 15.5 Å². The van der Waals surface area contributed by atoms with Crippen molar-refractivity contribution >= 4 is 23.2 Å². The summed E-state index contributed by atoms with van der Waals surface area (Å²) in [5, 5.41) is -0.211. The third-order valence-corrected chi connectivity index (χ3v) is 5.65. The Bertz CT molecular complexity index is 1060. The summed E-state index contributed by atoms with van der Waals surface area (Å²) in [6.45, 7) is 1.44. The molecule has 0 saturated carbocycles. The number of nitrogens with zero attached hydrogens (tertiary/aromatic N) is 2. The van der Waals surface area contributed by atoms with Gasteiger partial charge in [-0.05, 0) is 25.1 Å². The van der Waals surface area contributed by atoms with Crippen molar-refractivity contribution in [1.82, 2.24) is 9.88 Å². The Hall–Kier alpha value is -3.03. The maximum atomic E-state index is 14.5. The fourth-order valence-electron chi connectivity index (χ4n) is 2.73. The lowest BCUT2D eigenvalue weighted by Gasteiger charge is -2.17. The Morgan fingerprint density at radius 3 is 2.83 bits per heavy atom. The van der Waals surface area contributed by atoms with Crippen LogP contribution in [0.15, 0.2) is 18.2 Å². The Kier molecular flexibility index (Phi) is 6.05. The number of aromatic nitrogens is 1. The smallest absolute Gasteiger partial charge is 0.317 e.